The summed E-state index contributed by atoms with van der Waals surface area (Å²) in [6, 6.07) is 3.26. The molecular weight excluding hydrogens is 182 g/mol. The highest BCUT2D eigenvalue weighted by atomic mass is 16.5. The van der Waals surface area contributed by atoms with Crippen LogP contribution in [-0.4, -0.2) is 22.7 Å². The third-order valence-electron chi connectivity index (χ3n) is 1.55. The van der Waals surface area contributed by atoms with Gasteiger partial charge in [-0.15, -0.1) is 0 Å². The molecule has 1 aromatic heterocycles. The van der Waals surface area contributed by atoms with Gasteiger partial charge in [0.1, 0.15) is 0 Å². The highest BCUT2D eigenvalue weighted by Crippen LogP contribution is 2.15. The predicted molar refractivity (Wildman–Crippen MR) is 51.5 cm³/mol. The standard InChI is InChI=1S/C10H13NO3/c1-7(2)6-14-8-4-3-5-11-9(8)10(12)13/h3-5,7H,6H2,1-2H3,(H,12,13). The Labute approximate surface area is 82.5 Å². The largest absolute Gasteiger partial charge is 0.491 e. The molecule has 0 aliphatic carbocycles. The van der Waals surface area contributed by atoms with Crippen molar-refractivity contribution in [2.75, 3.05) is 6.61 Å². The molecule has 0 amide bonds. The molecule has 4 nitrogen and oxygen atoms in total. The van der Waals surface area contributed by atoms with Crippen LogP contribution in [0.1, 0.15) is 24.3 Å². The van der Waals surface area contributed by atoms with Crippen LogP contribution < -0.4 is 4.74 Å². The Balaban J connectivity index is 2.79. The van der Waals surface area contributed by atoms with Gasteiger partial charge < -0.3 is 9.84 Å². The van der Waals surface area contributed by atoms with Crippen molar-refractivity contribution >= 4 is 5.97 Å². The number of ether oxygens (including phenoxy) is 1. The van der Waals surface area contributed by atoms with E-state index in [4.69, 9.17) is 9.84 Å². The third kappa shape index (κ3) is 2.73. The van der Waals surface area contributed by atoms with E-state index < -0.39 is 5.97 Å². The van der Waals surface area contributed by atoms with Crippen LogP contribution in [-0.2, 0) is 0 Å². The van der Waals surface area contributed by atoms with Crippen LogP contribution in [0.15, 0.2) is 18.3 Å². The molecule has 76 valence electrons. The Morgan fingerprint density at radius 3 is 2.93 bits per heavy atom. The van der Waals surface area contributed by atoms with E-state index in [9.17, 15) is 4.79 Å². The lowest BCUT2D eigenvalue weighted by molar-refractivity contribution is 0.0684. The highest BCUT2D eigenvalue weighted by Gasteiger charge is 2.12. The van der Waals surface area contributed by atoms with E-state index in [0.717, 1.165) is 0 Å². The van der Waals surface area contributed by atoms with Crippen molar-refractivity contribution in [2.24, 2.45) is 5.92 Å². The van der Waals surface area contributed by atoms with Gasteiger partial charge in [-0.1, -0.05) is 13.8 Å². The van der Waals surface area contributed by atoms with Crippen LogP contribution in [0.3, 0.4) is 0 Å². The first-order chi connectivity index (χ1) is 6.61. The molecule has 4 heteroatoms. The maximum Gasteiger partial charge on any atom is 0.358 e. The molecule has 0 bridgehead atoms. The molecule has 1 aromatic rings. The van der Waals surface area contributed by atoms with E-state index in [1.807, 2.05) is 13.8 Å². The van der Waals surface area contributed by atoms with Gasteiger partial charge in [0.05, 0.1) is 6.61 Å². The molecule has 14 heavy (non-hydrogen) atoms. The molecule has 0 saturated carbocycles. The van der Waals surface area contributed by atoms with Crippen LogP contribution in [0.4, 0.5) is 0 Å². The molecule has 1 rings (SSSR count). The molecule has 0 saturated heterocycles. The molecule has 1 N–H and O–H groups in total. The summed E-state index contributed by atoms with van der Waals surface area (Å²) in [7, 11) is 0. The summed E-state index contributed by atoms with van der Waals surface area (Å²) in [5.41, 5.74) is -0.0341. The number of carbonyl (C=O) groups is 1. The number of carboxylic acid groups (broad SMARTS) is 1. The van der Waals surface area contributed by atoms with Crippen molar-refractivity contribution in [1.29, 1.82) is 0 Å². The van der Waals surface area contributed by atoms with E-state index in [2.05, 4.69) is 4.98 Å². The fourth-order valence-electron chi connectivity index (χ4n) is 0.924. The van der Waals surface area contributed by atoms with E-state index >= 15 is 0 Å². The highest BCUT2D eigenvalue weighted by molar-refractivity contribution is 5.88. The molecular formula is C10H13NO3. The average Bonchev–Trinajstić information content (AvgIpc) is 2.15. The monoisotopic (exact) mass is 195 g/mol. The van der Waals surface area contributed by atoms with Gasteiger partial charge in [0.15, 0.2) is 11.4 Å². The maximum absolute atomic E-state index is 10.7. The zero-order chi connectivity index (χ0) is 10.6. The van der Waals surface area contributed by atoms with E-state index in [0.29, 0.717) is 18.3 Å². The minimum Gasteiger partial charge on any atom is -0.491 e. The Kier molecular flexibility index (Phi) is 3.45. The molecule has 0 radical (unpaired) electrons. The Morgan fingerprint density at radius 2 is 2.36 bits per heavy atom. The number of carboxylic acids is 1. The van der Waals surface area contributed by atoms with Gasteiger partial charge >= 0.3 is 5.97 Å². The number of nitrogens with zero attached hydrogens (tertiary/aromatic N) is 1. The van der Waals surface area contributed by atoms with E-state index in [-0.39, 0.29) is 5.69 Å². The van der Waals surface area contributed by atoms with E-state index in [1.165, 1.54) is 6.20 Å². The van der Waals surface area contributed by atoms with Crippen molar-refractivity contribution in [1.82, 2.24) is 4.98 Å². The Hall–Kier alpha value is -1.58. The smallest absolute Gasteiger partial charge is 0.358 e. The second kappa shape index (κ2) is 4.60. The lowest BCUT2D eigenvalue weighted by Crippen LogP contribution is -2.09. The van der Waals surface area contributed by atoms with Crippen molar-refractivity contribution in [3.63, 3.8) is 0 Å². The molecule has 0 fully saturated rings. The van der Waals surface area contributed by atoms with Gasteiger partial charge in [-0.05, 0) is 18.1 Å². The molecule has 0 aromatic carbocycles. The summed E-state index contributed by atoms with van der Waals surface area (Å²) >= 11 is 0. The summed E-state index contributed by atoms with van der Waals surface area (Å²) < 4.78 is 5.32. The quantitative estimate of drug-likeness (QED) is 0.796. The number of hydrogen-bond acceptors (Lipinski definition) is 3. The summed E-state index contributed by atoms with van der Waals surface area (Å²) in [5.74, 6) is -0.380. The van der Waals surface area contributed by atoms with Crippen molar-refractivity contribution in [3.05, 3.63) is 24.0 Å². The predicted octanol–water partition coefficient (Wildman–Crippen LogP) is 1.81. The zero-order valence-corrected chi connectivity index (χ0v) is 8.23. The van der Waals surface area contributed by atoms with Gasteiger partial charge in [-0.3, -0.25) is 0 Å². The zero-order valence-electron chi connectivity index (χ0n) is 8.23. The first-order valence-corrected chi connectivity index (χ1v) is 4.42. The normalized spacial score (nSPS) is 10.2. The van der Waals surface area contributed by atoms with Crippen molar-refractivity contribution in [3.8, 4) is 5.75 Å². The van der Waals surface area contributed by atoms with Crippen LogP contribution in [0.5, 0.6) is 5.75 Å². The Morgan fingerprint density at radius 1 is 1.64 bits per heavy atom. The molecule has 0 aliphatic rings. The number of aromatic nitrogens is 1. The number of hydrogen-bond donors (Lipinski definition) is 1. The van der Waals surface area contributed by atoms with Crippen LogP contribution in [0.2, 0.25) is 0 Å². The second-order valence-corrected chi connectivity index (χ2v) is 3.36. The van der Waals surface area contributed by atoms with Gasteiger partial charge in [-0.25, -0.2) is 9.78 Å². The van der Waals surface area contributed by atoms with Gasteiger partial charge in [0, 0.05) is 6.20 Å². The average molecular weight is 195 g/mol. The topological polar surface area (TPSA) is 59.4 Å². The molecule has 1 heterocycles. The van der Waals surface area contributed by atoms with Crippen molar-refractivity contribution < 1.29 is 14.6 Å². The second-order valence-electron chi connectivity index (χ2n) is 3.36. The lowest BCUT2D eigenvalue weighted by Gasteiger charge is -2.09. The third-order valence-corrected chi connectivity index (χ3v) is 1.55. The fraction of sp³-hybridized carbons (Fsp3) is 0.400. The molecule has 0 atom stereocenters. The SMILES string of the molecule is CC(C)COc1cccnc1C(=O)O. The first-order valence-electron chi connectivity index (χ1n) is 4.42. The summed E-state index contributed by atoms with van der Waals surface area (Å²) in [6.45, 7) is 4.49. The maximum atomic E-state index is 10.7. The number of aromatic carboxylic acids is 1. The molecule has 0 aliphatic heterocycles. The van der Waals surface area contributed by atoms with Gasteiger partial charge in [0.2, 0.25) is 0 Å². The Bertz CT molecular complexity index is 323. The first kappa shape index (κ1) is 10.5. The summed E-state index contributed by atoms with van der Waals surface area (Å²) in [6.07, 6.45) is 1.44. The van der Waals surface area contributed by atoms with Gasteiger partial charge in [-0.2, -0.15) is 0 Å². The molecule has 0 spiro atoms. The van der Waals surface area contributed by atoms with Crippen LogP contribution >= 0.6 is 0 Å². The minimum atomic E-state index is -1.07. The summed E-state index contributed by atoms with van der Waals surface area (Å²) in [5, 5.41) is 8.79. The minimum absolute atomic E-state index is 0.0341. The lowest BCUT2D eigenvalue weighted by atomic mass is 10.2. The van der Waals surface area contributed by atoms with Gasteiger partial charge in [0.25, 0.3) is 0 Å². The fourth-order valence-corrected chi connectivity index (χ4v) is 0.924. The molecule has 0 unspecified atom stereocenters. The van der Waals surface area contributed by atoms with Crippen LogP contribution in [0, 0.1) is 5.92 Å². The van der Waals surface area contributed by atoms with Crippen LogP contribution in [0.25, 0.3) is 0 Å². The number of rotatable bonds is 4. The number of pyridine rings is 1. The van der Waals surface area contributed by atoms with E-state index in [1.54, 1.807) is 12.1 Å². The summed E-state index contributed by atoms with van der Waals surface area (Å²) in [4.78, 5) is 14.5. The van der Waals surface area contributed by atoms with Crippen molar-refractivity contribution in [2.45, 2.75) is 13.8 Å².